The minimum atomic E-state index is -4.77. The van der Waals surface area contributed by atoms with E-state index in [2.05, 4.69) is 0 Å². The van der Waals surface area contributed by atoms with E-state index < -0.39 is 24.0 Å². The molecule has 5 heteroatoms. The third-order valence-electron chi connectivity index (χ3n) is 2.28. The third-order valence-corrected chi connectivity index (χ3v) is 2.28. The Balaban J connectivity index is 2.84. The number of alkyl halides is 3. The second-order valence-corrected chi connectivity index (χ2v) is 3.51. The van der Waals surface area contributed by atoms with E-state index in [0.717, 1.165) is 6.92 Å². The zero-order valence-corrected chi connectivity index (χ0v) is 8.53. The number of hydrogen-bond donors (Lipinski definition) is 1. The molecule has 0 fully saturated rings. The van der Waals surface area contributed by atoms with Crippen LogP contribution in [0.1, 0.15) is 17.3 Å². The molecule has 16 heavy (non-hydrogen) atoms. The van der Waals surface area contributed by atoms with Crippen LogP contribution in [-0.4, -0.2) is 23.2 Å². The molecule has 1 aromatic rings. The van der Waals surface area contributed by atoms with Gasteiger partial charge in [-0.1, -0.05) is 37.3 Å². The molecule has 0 heterocycles. The summed E-state index contributed by atoms with van der Waals surface area (Å²) in [7, 11) is 0. The van der Waals surface area contributed by atoms with Crippen molar-refractivity contribution in [3.05, 3.63) is 35.9 Å². The minimum absolute atomic E-state index is 0.165. The van der Waals surface area contributed by atoms with Crippen LogP contribution in [0.2, 0.25) is 0 Å². The van der Waals surface area contributed by atoms with Gasteiger partial charge in [-0.15, -0.1) is 0 Å². The number of halogens is 3. The second-order valence-electron chi connectivity index (χ2n) is 3.51. The predicted octanol–water partition coefficient (Wildman–Crippen LogP) is 2.43. The molecule has 2 atom stereocenters. The molecule has 0 saturated carbocycles. The normalized spacial score (nSPS) is 15.6. The van der Waals surface area contributed by atoms with Crippen molar-refractivity contribution >= 4 is 5.78 Å². The molecule has 0 aliphatic heterocycles. The molecule has 88 valence electrons. The Kier molecular flexibility index (Phi) is 3.70. The first-order chi connectivity index (χ1) is 7.34. The van der Waals surface area contributed by atoms with Crippen molar-refractivity contribution < 1.29 is 23.1 Å². The molecule has 0 aliphatic carbocycles. The van der Waals surface area contributed by atoms with Crippen LogP contribution < -0.4 is 0 Å². The van der Waals surface area contributed by atoms with E-state index in [1.165, 1.54) is 12.1 Å². The summed E-state index contributed by atoms with van der Waals surface area (Å²) in [5, 5.41) is 8.94. The SMILES string of the molecule is C[C@H](C(=O)c1ccccc1)[C@@H](O)C(F)(F)F. The standard InChI is InChI=1S/C11H11F3O2/c1-7(10(16)11(12,13)14)9(15)8-5-3-2-4-6-8/h2-7,10,16H,1H3/t7-,10-/m1/s1. The fraction of sp³-hybridized carbons (Fsp3) is 0.364. The average Bonchev–Trinajstić information content (AvgIpc) is 2.26. The van der Waals surface area contributed by atoms with Crippen LogP contribution >= 0.6 is 0 Å². The van der Waals surface area contributed by atoms with Crippen LogP contribution in [0, 0.1) is 5.92 Å². The maximum atomic E-state index is 12.2. The molecule has 0 radical (unpaired) electrons. The van der Waals surface area contributed by atoms with Crippen LogP contribution in [0.25, 0.3) is 0 Å². The van der Waals surface area contributed by atoms with Crippen molar-refractivity contribution in [1.82, 2.24) is 0 Å². The van der Waals surface area contributed by atoms with Crippen molar-refractivity contribution in [2.75, 3.05) is 0 Å². The first-order valence-electron chi connectivity index (χ1n) is 4.68. The number of Topliss-reactive ketones (excluding diaryl/α,β-unsaturated/α-hetero) is 1. The van der Waals surface area contributed by atoms with Gasteiger partial charge in [-0.25, -0.2) is 0 Å². The molecular formula is C11H11F3O2. The highest BCUT2D eigenvalue weighted by Gasteiger charge is 2.44. The highest BCUT2D eigenvalue weighted by molar-refractivity contribution is 5.97. The van der Waals surface area contributed by atoms with Gasteiger partial charge in [0.25, 0.3) is 0 Å². The highest BCUT2D eigenvalue weighted by Crippen LogP contribution is 2.27. The Morgan fingerprint density at radius 1 is 1.25 bits per heavy atom. The largest absolute Gasteiger partial charge is 0.415 e. The summed E-state index contributed by atoms with van der Waals surface area (Å²) in [6.07, 6.45) is -7.40. The molecule has 1 rings (SSSR count). The van der Waals surface area contributed by atoms with Gasteiger partial charge in [0, 0.05) is 5.56 Å². The molecule has 0 saturated heterocycles. The van der Waals surface area contributed by atoms with E-state index >= 15 is 0 Å². The van der Waals surface area contributed by atoms with Gasteiger partial charge < -0.3 is 5.11 Å². The third kappa shape index (κ3) is 2.82. The molecule has 0 spiro atoms. The quantitative estimate of drug-likeness (QED) is 0.812. The Morgan fingerprint density at radius 3 is 2.19 bits per heavy atom. The number of benzene rings is 1. The van der Waals surface area contributed by atoms with Gasteiger partial charge in [0.05, 0.1) is 5.92 Å². The van der Waals surface area contributed by atoms with Gasteiger partial charge in [0.2, 0.25) is 0 Å². The van der Waals surface area contributed by atoms with Crippen molar-refractivity contribution in [3.8, 4) is 0 Å². The minimum Gasteiger partial charge on any atom is -0.383 e. The monoisotopic (exact) mass is 232 g/mol. The zero-order valence-electron chi connectivity index (χ0n) is 8.53. The lowest BCUT2D eigenvalue weighted by molar-refractivity contribution is -0.212. The van der Waals surface area contributed by atoms with E-state index in [1.54, 1.807) is 18.2 Å². The molecule has 0 aromatic heterocycles. The van der Waals surface area contributed by atoms with Crippen molar-refractivity contribution in [3.63, 3.8) is 0 Å². The van der Waals surface area contributed by atoms with Gasteiger partial charge in [-0.05, 0) is 0 Å². The number of hydrogen-bond acceptors (Lipinski definition) is 2. The fourth-order valence-corrected chi connectivity index (χ4v) is 1.29. The summed E-state index contributed by atoms with van der Waals surface area (Å²) >= 11 is 0. The van der Waals surface area contributed by atoms with Crippen LogP contribution in [0.3, 0.4) is 0 Å². The van der Waals surface area contributed by atoms with Crippen LogP contribution in [0.4, 0.5) is 13.2 Å². The molecule has 0 amide bonds. The van der Waals surface area contributed by atoms with Crippen molar-refractivity contribution in [2.24, 2.45) is 5.92 Å². The number of rotatable bonds is 3. The maximum Gasteiger partial charge on any atom is 0.415 e. The van der Waals surface area contributed by atoms with Gasteiger partial charge in [0.1, 0.15) is 0 Å². The first-order valence-corrected chi connectivity index (χ1v) is 4.68. The Labute approximate surface area is 90.7 Å². The zero-order chi connectivity index (χ0) is 12.3. The number of carbonyl (C=O) groups is 1. The average molecular weight is 232 g/mol. The fourth-order valence-electron chi connectivity index (χ4n) is 1.29. The summed E-state index contributed by atoms with van der Waals surface area (Å²) in [4.78, 5) is 11.6. The van der Waals surface area contributed by atoms with Gasteiger partial charge in [-0.3, -0.25) is 4.79 Å². The van der Waals surface area contributed by atoms with E-state index in [9.17, 15) is 18.0 Å². The molecule has 1 N–H and O–H groups in total. The molecule has 2 nitrogen and oxygen atoms in total. The summed E-state index contributed by atoms with van der Waals surface area (Å²) in [5.74, 6) is -2.21. The first kappa shape index (κ1) is 12.7. The van der Waals surface area contributed by atoms with Crippen molar-refractivity contribution in [2.45, 2.75) is 19.2 Å². The van der Waals surface area contributed by atoms with Crippen molar-refractivity contribution in [1.29, 1.82) is 0 Å². The highest BCUT2D eigenvalue weighted by atomic mass is 19.4. The Morgan fingerprint density at radius 2 is 1.75 bits per heavy atom. The second kappa shape index (κ2) is 4.65. The van der Waals surface area contributed by atoms with E-state index in [1.807, 2.05) is 0 Å². The summed E-state index contributed by atoms with van der Waals surface area (Å²) in [5.41, 5.74) is 0.165. The van der Waals surface area contributed by atoms with Crippen LogP contribution in [-0.2, 0) is 0 Å². The lowest BCUT2D eigenvalue weighted by Crippen LogP contribution is -2.38. The smallest absolute Gasteiger partial charge is 0.383 e. The van der Waals surface area contributed by atoms with Crippen LogP contribution in [0.15, 0.2) is 30.3 Å². The molecule has 1 aromatic carbocycles. The molecule has 0 unspecified atom stereocenters. The topological polar surface area (TPSA) is 37.3 Å². The predicted molar refractivity (Wildman–Crippen MR) is 52.0 cm³/mol. The number of aliphatic hydroxyl groups is 1. The maximum absolute atomic E-state index is 12.2. The Bertz CT molecular complexity index is 359. The van der Waals surface area contributed by atoms with Gasteiger partial charge in [-0.2, -0.15) is 13.2 Å². The molecule has 0 aliphatic rings. The lowest BCUT2D eigenvalue weighted by atomic mass is 9.94. The van der Waals surface area contributed by atoms with E-state index in [4.69, 9.17) is 5.11 Å². The van der Waals surface area contributed by atoms with Crippen LogP contribution in [0.5, 0.6) is 0 Å². The van der Waals surface area contributed by atoms with E-state index in [-0.39, 0.29) is 5.56 Å². The van der Waals surface area contributed by atoms with Gasteiger partial charge in [0.15, 0.2) is 11.9 Å². The molecule has 0 bridgehead atoms. The lowest BCUT2D eigenvalue weighted by Gasteiger charge is -2.20. The summed E-state index contributed by atoms with van der Waals surface area (Å²) < 4.78 is 36.5. The van der Waals surface area contributed by atoms with Gasteiger partial charge >= 0.3 is 6.18 Å². The number of aliphatic hydroxyl groups excluding tert-OH is 1. The molecular weight excluding hydrogens is 221 g/mol. The summed E-state index contributed by atoms with van der Waals surface area (Å²) in [6.45, 7) is 1.06. The summed E-state index contributed by atoms with van der Waals surface area (Å²) in [6, 6.07) is 7.60. The Hall–Kier alpha value is -1.36. The number of carbonyl (C=O) groups excluding carboxylic acids is 1. The van der Waals surface area contributed by atoms with E-state index in [0.29, 0.717) is 0 Å². The number of ketones is 1.